The second-order valence-corrected chi connectivity index (χ2v) is 4.41. The lowest BCUT2D eigenvalue weighted by Gasteiger charge is -2.14. The van der Waals surface area contributed by atoms with Gasteiger partial charge in [-0.25, -0.2) is 4.39 Å². The van der Waals surface area contributed by atoms with Gasteiger partial charge < -0.3 is 9.84 Å². The van der Waals surface area contributed by atoms with Crippen molar-refractivity contribution in [3.8, 4) is 5.75 Å². The Kier molecular flexibility index (Phi) is 4.12. The molecule has 0 saturated carbocycles. The van der Waals surface area contributed by atoms with E-state index in [4.69, 9.17) is 4.74 Å². The summed E-state index contributed by atoms with van der Waals surface area (Å²) in [5, 5.41) is 9.63. The van der Waals surface area contributed by atoms with Crippen LogP contribution in [0, 0.1) is 12.7 Å². The van der Waals surface area contributed by atoms with Crippen molar-refractivity contribution in [1.29, 1.82) is 0 Å². The second kappa shape index (κ2) is 5.80. The summed E-state index contributed by atoms with van der Waals surface area (Å²) in [5.41, 5.74) is 2.37. The first kappa shape index (κ1) is 13.5. The van der Waals surface area contributed by atoms with Crippen molar-refractivity contribution >= 4 is 0 Å². The number of aliphatic hydroxyl groups is 1. The molecule has 0 saturated heterocycles. The van der Waals surface area contributed by atoms with Crippen molar-refractivity contribution in [3.05, 3.63) is 59.2 Å². The molecule has 2 rings (SSSR count). The fourth-order valence-electron chi connectivity index (χ4n) is 1.79. The number of halogens is 1. The minimum absolute atomic E-state index is 0.246. The molecule has 0 bridgehead atoms. The van der Waals surface area contributed by atoms with E-state index in [-0.39, 0.29) is 6.61 Å². The van der Waals surface area contributed by atoms with Crippen LogP contribution < -0.4 is 4.74 Å². The summed E-state index contributed by atoms with van der Waals surface area (Å²) in [5.74, 6) is -0.0443. The molecule has 100 valence electrons. The number of pyridine rings is 1. The van der Waals surface area contributed by atoms with Crippen LogP contribution in [-0.4, -0.2) is 10.1 Å². The Bertz CT molecular complexity index is 570. The SMILES string of the molecule is Cc1cccnc1COc1cc(F)ccc1[C@@H](C)O. The van der Waals surface area contributed by atoms with E-state index < -0.39 is 11.9 Å². The number of ether oxygens (including phenoxy) is 1. The lowest BCUT2D eigenvalue weighted by atomic mass is 10.1. The number of aliphatic hydroxyl groups excluding tert-OH is 1. The van der Waals surface area contributed by atoms with Crippen LogP contribution >= 0.6 is 0 Å². The summed E-state index contributed by atoms with van der Waals surface area (Å²) in [6.07, 6.45) is 0.979. The zero-order valence-electron chi connectivity index (χ0n) is 10.9. The highest BCUT2D eigenvalue weighted by atomic mass is 19.1. The summed E-state index contributed by atoms with van der Waals surface area (Å²) in [6, 6.07) is 7.90. The van der Waals surface area contributed by atoms with Gasteiger partial charge in [0.15, 0.2) is 0 Å². The molecule has 0 aliphatic rings. The predicted octanol–water partition coefficient (Wildman–Crippen LogP) is 3.16. The van der Waals surface area contributed by atoms with E-state index in [9.17, 15) is 9.50 Å². The van der Waals surface area contributed by atoms with Gasteiger partial charge in [-0.3, -0.25) is 4.98 Å². The van der Waals surface area contributed by atoms with E-state index in [1.54, 1.807) is 13.1 Å². The molecule has 0 fully saturated rings. The molecular formula is C15H16FNO2. The first-order valence-corrected chi connectivity index (χ1v) is 6.08. The smallest absolute Gasteiger partial charge is 0.130 e. The highest BCUT2D eigenvalue weighted by Crippen LogP contribution is 2.26. The third kappa shape index (κ3) is 3.29. The molecule has 2 aromatic rings. The number of benzene rings is 1. The van der Waals surface area contributed by atoms with Gasteiger partial charge in [0.2, 0.25) is 0 Å². The van der Waals surface area contributed by atoms with Gasteiger partial charge in [0.05, 0.1) is 11.8 Å². The Balaban J connectivity index is 2.19. The summed E-state index contributed by atoms with van der Waals surface area (Å²) >= 11 is 0. The van der Waals surface area contributed by atoms with Crippen LogP contribution in [0.4, 0.5) is 4.39 Å². The quantitative estimate of drug-likeness (QED) is 0.919. The summed E-state index contributed by atoms with van der Waals surface area (Å²) < 4.78 is 18.8. The topological polar surface area (TPSA) is 42.4 Å². The maximum absolute atomic E-state index is 13.2. The van der Waals surface area contributed by atoms with Crippen molar-refractivity contribution < 1.29 is 14.2 Å². The van der Waals surface area contributed by atoms with Crippen molar-refractivity contribution in [3.63, 3.8) is 0 Å². The summed E-state index contributed by atoms with van der Waals surface area (Å²) in [6.45, 7) is 3.80. The van der Waals surface area contributed by atoms with Crippen molar-refractivity contribution in [2.24, 2.45) is 0 Å². The number of hydrogen-bond acceptors (Lipinski definition) is 3. The van der Waals surface area contributed by atoms with Gasteiger partial charge in [0.1, 0.15) is 18.2 Å². The molecule has 1 N–H and O–H groups in total. The van der Waals surface area contributed by atoms with Crippen LogP contribution in [0.1, 0.15) is 29.8 Å². The van der Waals surface area contributed by atoms with Gasteiger partial charge in [-0.2, -0.15) is 0 Å². The summed E-state index contributed by atoms with van der Waals surface area (Å²) in [4.78, 5) is 4.21. The molecule has 0 aliphatic heterocycles. The average Bonchev–Trinajstić information content (AvgIpc) is 2.37. The Labute approximate surface area is 111 Å². The Morgan fingerprint density at radius 1 is 1.37 bits per heavy atom. The van der Waals surface area contributed by atoms with Gasteiger partial charge in [-0.1, -0.05) is 6.07 Å². The first-order valence-electron chi connectivity index (χ1n) is 6.08. The van der Waals surface area contributed by atoms with Gasteiger partial charge in [-0.15, -0.1) is 0 Å². The van der Waals surface area contributed by atoms with Gasteiger partial charge in [0.25, 0.3) is 0 Å². The largest absolute Gasteiger partial charge is 0.487 e. The van der Waals surface area contributed by atoms with Gasteiger partial charge >= 0.3 is 0 Å². The molecule has 1 aromatic heterocycles. The molecule has 1 atom stereocenters. The third-order valence-electron chi connectivity index (χ3n) is 2.91. The average molecular weight is 261 g/mol. The highest BCUT2D eigenvalue weighted by Gasteiger charge is 2.11. The Morgan fingerprint density at radius 2 is 2.16 bits per heavy atom. The molecular weight excluding hydrogens is 245 g/mol. The minimum atomic E-state index is -0.708. The monoisotopic (exact) mass is 261 g/mol. The standard InChI is InChI=1S/C15H16FNO2/c1-10-4-3-7-17-14(10)9-19-15-8-12(16)5-6-13(15)11(2)18/h3-8,11,18H,9H2,1-2H3/t11-/m1/s1. The first-order chi connectivity index (χ1) is 9.08. The minimum Gasteiger partial charge on any atom is -0.487 e. The van der Waals surface area contributed by atoms with Gasteiger partial charge in [-0.05, 0) is 37.6 Å². The van der Waals surface area contributed by atoms with Crippen LogP contribution in [0.25, 0.3) is 0 Å². The molecule has 0 spiro atoms. The van der Waals surface area contributed by atoms with Crippen molar-refractivity contribution in [1.82, 2.24) is 4.98 Å². The summed E-state index contributed by atoms with van der Waals surface area (Å²) in [7, 11) is 0. The zero-order valence-corrected chi connectivity index (χ0v) is 10.9. The van der Waals surface area contributed by atoms with E-state index in [1.165, 1.54) is 18.2 Å². The normalized spacial score (nSPS) is 12.2. The van der Waals surface area contributed by atoms with Gasteiger partial charge in [0, 0.05) is 17.8 Å². The molecule has 0 aliphatic carbocycles. The van der Waals surface area contributed by atoms with Crippen LogP contribution in [-0.2, 0) is 6.61 Å². The van der Waals surface area contributed by atoms with E-state index in [0.29, 0.717) is 11.3 Å². The Morgan fingerprint density at radius 3 is 2.84 bits per heavy atom. The fraction of sp³-hybridized carbons (Fsp3) is 0.267. The number of rotatable bonds is 4. The molecule has 19 heavy (non-hydrogen) atoms. The molecule has 0 unspecified atom stereocenters. The Hall–Kier alpha value is -1.94. The number of nitrogens with zero attached hydrogens (tertiary/aromatic N) is 1. The molecule has 0 amide bonds. The zero-order chi connectivity index (χ0) is 13.8. The van der Waals surface area contributed by atoms with E-state index in [1.807, 2.05) is 19.1 Å². The third-order valence-corrected chi connectivity index (χ3v) is 2.91. The maximum atomic E-state index is 13.2. The molecule has 0 radical (unpaired) electrons. The second-order valence-electron chi connectivity index (χ2n) is 4.41. The highest BCUT2D eigenvalue weighted by molar-refractivity contribution is 5.35. The van der Waals surface area contributed by atoms with Crippen LogP contribution in [0.5, 0.6) is 5.75 Å². The van der Waals surface area contributed by atoms with Crippen LogP contribution in [0.2, 0.25) is 0 Å². The maximum Gasteiger partial charge on any atom is 0.130 e. The van der Waals surface area contributed by atoms with Crippen molar-refractivity contribution in [2.45, 2.75) is 26.6 Å². The van der Waals surface area contributed by atoms with E-state index in [2.05, 4.69) is 4.98 Å². The molecule has 1 heterocycles. The molecule has 3 nitrogen and oxygen atoms in total. The number of hydrogen-bond donors (Lipinski definition) is 1. The molecule has 1 aromatic carbocycles. The fourth-order valence-corrected chi connectivity index (χ4v) is 1.79. The van der Waals surface area contributed by atoms with Crippen LogP contribution in [0.15, 0.2) is 36.5 Å². The molecule has 4 heteroatoms. The number of aryl methyl sites for hydroxylation is 1. The lowest BCUT2D eigenvalue weighted by Crippen LogP contribution is -2.04. The van der Waals surface area contributed by atoms with E-state index in [0.717, 1.165) is 11.3 Å². The van der Waals surface area contributed by atoms with Crippen LogP contribution in [0.3, 0.4) is 0 Å². The van der Waals surface area contributed by atoms with Crippen molar-refractivity contribution in [2.75, 3.05) is 0 Å². The van der Waals surface area contributed by atoms with E-state index >= 15 is 0 Å². The lowest BCUT2D eigenvalue weighted by molar-refractivity contribution is 0.189. The number of aromatic nitrogens is 1. The predicted molar refractivity (Wildman–Crippen MR) is 70.3 cm³/mol.